The fraction of sp³-hybridized carbons (Fsp3) is 0.0833. The molecule has 26 heavy (non-hydrogen) atoms. The number of halogens is 1. The van der Waals surface area contributed by atoms with E-state index in [1.165, 1.54) is 44.2 Å². The van der Waals surface area contributed by atoms with Crippen LogP contribution in [0.4, 0.5) is 0 Å². The average molecular weight is 448 g/mol. The van der Waals surface area contributed by atoms with Crippen molar-refractivity contribution in [3.8, 4) is 28.0 Å². The zero-order chi connectivity index (χ0) is 17.7. The summed E-state index contributed by atoms with van der Waals surface area (Å²) >= 11 is 2.33. The van der Waals surface area contributed by atoms with E-state index in [1.807, 2.05) is 0 Å². The number of methoxy groups -OCH3 is 1. The summed E-state index contributed by atoms with van der Waals surface area (Å²) in [7, 11) is 1.73. The van der Waals surface area contributed by atoms with Crippen LogP contribution >= 0.6 is 22.6 Å². The summed E-state index contributed by atoms with van der Waals surface area (Å²) in [5.74, 6) is 0.931. The molecule has 0 spiro atoms. The van der Waals surface area contributed by atoms with Crippen LogP contribution in [0.5, 0.6) is 5.75 Å². The lowest BCUT2D eigenvalue weighted by Gasteiger charge is -2.11. The molecule has 2 heteroatoms. The molecule has 0 unspecified atom stereocenters. The van der Waals surface area contributed by atoms with Crippen LogP contribution in [-0.2, 0) is 6.42 Å². The molecule has 0 saturated heterocycles. The van der Waals surface area contributed by atoms with Crippen molar-refractivity contribution >= 4 is 33.4 Å². The molecule has 4 aromatic rings. The van der Waals surface area contributed by atoms with Gasteiger partial charge >= 0.3 is 0 Å². The van der Waals surface area contributed by atoms with Gasteiger partial charge in [-0.15, -0.1) is 0 Å². The smallest absolute Gasteiger partial charge is 0.132 e. The van der Waals surface area contributed by atoms with Crippen molar-refractivity contribution < 1.29 is 4.74 Å². The van der Waals surface area contributed by atoms with Gasteiger partial charge in [-0.25, -0.2) is 0 Å². The van der Waals surface area contributed by atoms with Gasteiger partial charge in [-0.1, -0.05) is 54.6 Å². The summed E-state index contributed by atoms with van der Waals surface area (Å²) in [6.07, 6.45) is 1.01. The Labute approximate surface area is 166 Å². The van der Waals surface area contributed by atoms with Crippen LogP contribution in [0, 0.1) is 3.57 Å². The average Bonchev–Trinajstić information content (AvgIpc) is 3.06. The molecule has 1 aliphatic rings. The van der Waals surface area contributed by atoms with Gasteiger partial charge in [-0.2, -0.15) is 0 Å². The third-order valence-corrected chi connectivity index (χ3v) is 6.12. The Morgan fingerprint density at radius 1 is 0.769 bits per heavy atom. The van der Waals surface area contributed by atoms with Crippen molar-refractivity contribution in [1.29, 1.82) is 0 Å². The van der Waals surface area contributed by atoms with Crippen LogP contribution in [0.2, 0.25) is 0 Å². The summed E-state index contributed by atoms with van der Waals surface area (Å²) in [6.45, 7) is 0. The molecular formula is C24H17IO. The highest BCUT2D eigenvalue weighted by atomic mass is 127. The quantitative estimate of drug-likeness (QED) is 0.274. The maximum Gasteiger partial charge on any atom is 0.132 e. The van der Waals surface area contributed by atoms with Crippen molar-refractivity contribution in [1.82, 2.24) is 0 Å². The largest absolute Gasteiger partial charge is 0.496 e. The fourth-order valence-corrected chi connectivity index (χ4v) is 4.71. The lowest BCUT2D eigenvalue weighted by molar-refractivity contribution is 0.412. The van der Waals surface area contributed by atoms with Gasteiger partial charge in [0.15, 0.2) is 0 Å². The van der Waals surface area contributed by atoms with Gasteiger partial charge in [0, 0.05) is 0 Å². The Morgan fingerprint density at radius 3 is 2.46 bits per heavy atom. The van der Waals surface area contributed by atoms with E-state index in [0.717, 1.165) is 15.7 Å². The molecule has 0 radical (unpaired) electrons. The zero-order valence-corrected chi connectivity index (χ0v) is 16.6. The topological polar surface area (TPSA) is 9.23 Å². The highest BCUT2D eigenvalue weighted by molar-refractivity contribution is 14.1. The Morgan fingerprint density at radius 2 is 1.58 bits per heavy atom. The number of hydrogen-bond donors (Lipinski definition) is 0. The Bertz CT molecular complexity index is 1160. The number of rotatable bonds is 2. The first-order valence-corrected chi connectivity index (χ1v) is 9.80. The molecule has 0 atom stereocenters. The van der Waals surface area contributed by atoms with Gasteiger partial charge in [-0.3, -0.25) is 0 Å². The van der Waals surface area contributed by atoms with Crippen LogP contribution in [0.1, 0.15) is 11.1 Å². The molecule has 4 aromatic carbocycles. The highest BCUT2D eigenvalue weighted by Gasteiger charge is 2.21. The summed E-state index contributed by atoms with van der Waals surface area (Å²) in [4.78, 5) is 0. The summed E-state index contributed by atoms with van der Waals surface area (Å²) in [5.41, 5.74) is 8.21. The molecule has 0 aromatic heterocycles. The van der Waals surface area contributed by atoms with E-state index in [-0.39, 0.29) is 0 Å². The first kappa shape index (κ1) is 15.9. The predicted molar refractivity (Wildman–Crippen MR) is 117 cm³/mol. The fourth-order valence-electron chi connectivity index (χ4n) is 4.00. The van der Waals surface area contributed by atoms with E-state index in [4.69, 9.17) is 4.74 Å². The maximum atomic E-state index is 5.51. The Kier molecular flexibility index (Phi) is 3.75. The van der Waals surface area contributed by atoms with E-state index < -0.39 is 0 Å². The van der Waals surface area contributed by atoms with Crippen LogP contribution in [-0.4, -0.2) is 7.11 Å². The number of fused-ring (bicyclic) bond motifs is 4. The predicted octanol–water partition coefficient (Wildman–Crippen LogP) is 6.69. The Hall–Kier alpha value is -2.33. The molecule has 0 fully saturated rings. The monoisotopic (exact) mass is 448 g/mol. The van der Waals surface area contributed by atoms with Gasteiger partial charge in [-0.05, 0) is 91.4 Å². The molecule has 0 heterocycles. The lowest BCUT2D eigenvalue weighted by Crippen LogP contribution is -1.90. The Balaban J connectivity index is 1.69. The third kappa shape index (κ3) is 2.43. The molecule has 126 valence electrons. The van der Waals surface area contributed by atoms with E-state index >= 15 is 0 Å². The van der Waals surface area contributed by atoms with Gasteiger partial charge < -0.3 is 4.74 Å². The first-order chi connectivity index (χ1) is 12.7. The SMILES string of the molecule is COc1cc2cc(-c3cccc4c3Cc3ccccc3-4)ccc2cc1I. The minimum atomic E-state index is 0.931. The van der Waals surface area contributed by atoms with Crippen molar-refractivity contribution in [2.45, 2.75) is 6.42 Å². The minimum absolute atomic E-state index is 0.931. The molecule has 0 bridgehead atoms. The first-order valence-electron chi connectivity index (χ1n) is 8.72. The van der Waals surface area contributed by atoms with Crippen molar-refractivity contribution in [3.05, 3.63) is 87.5 Å². The molecule has 0 saturated carbocycles. The summed E-state index contributed by atoms with van der Waals surface area (Å²) < 4.78 is 6.65. The van der Waals surface area contributed by atoms with E-state index in [9.17, 15) is 0 Å². The minimum Gasteiger partial charge on any atom is -0.496 e. The van der Waals surface area contributed by atoms with E-state index in [2.05, 4.69) is 95.4 Å². The van der Waals surface area contributed by atoms with Crippen LogP contribution < -0.4 is 4.74 Å². The number of ether oxygens (including phenoxy) is 1. The molecule has 0 amide bonds. The lowest BCUT2D eigenvalue weighted by atomic mass is 9.94. The highest BCUT2D eigenvalue weighted by Crippen LogP contribution is 2.42. The third-order valence-electron chi connectivity index (χ3n) is 5.27. The normalized spacial score (nSPS) is 12.1. The van der Waals surface area contributed by atoms with Crippen molar-refractivity contribution in [3.63, 3.8) is 0 Å². The standard InChI is InChI=1S/C24H17IO/c1-26-24-14-18-11-17(10-9-15(18)13-23(24)25)20-7-4-8-21-19-6-3-2-5-16(19)12-22(20)21/h2-11,13-14H,12H2,1H3. The zero-order valence-electron chi connectivity index (χ0n) is 14.4. The van der Waals surface area contributed by atoms with Gasteiger partial charge in [0.25, 0.3) is 0 Å². The van der Waals surface area contributed by atoms with E-state index in [0.29, 0.717) is 0 Å². The van der Waals surface area contributed by atoms with Crippen LogP contribution in [0.15, 0.2) is 72.8 Å². The van der Waals surface area contributed by atoms with Gasteiger partial charge in [0.1, 0.15) is 5.75 Å². The summed E-state index contributed by atoms with van der Waals surface area (Å²) in [5, 5.41) is 2.46. The molecule has 0 aliphatic heterocycles. The molecule has 1 aliphatic carbocycles. The second-order valence-corrected chi connectivity index (χ2v) is 7.88. The van der Waals surface area contributed by atoms with Gasteiger partial charge in [0.2, 0.25) is 0 Å². The van der Waals surface area contributed by atoms with Crippen LogP contribution in [0.25, 0.3) is 33.0 Å². The van der Waals surface area contributed by atoms with Crippen molar-refractivity contribution in [2.24, 2.45) is 0 Å². The number of hydrogen-bond acceptors (Lipinski definition) is 1. The molecular weight excluding hydrogens is 431 g/mol. The molecule has 0 N–H and O–H groups in total. The second kappa shape index (κ2) is 6.13. The van der Waals surface area contributed by atoms with Crippen molar-refractivity contribution in [2.75, 3.05) is 7.11 Å². The van der Waals surface area contributed by atoms with E-state index in [1.54, 1.807) is 7.11 Å². The maximum absolute atomic E-state index is 5.51. The second-order valence-electron chi connectivity index (χ2n) is 6.71. The van der Waals surface area contributed by atoms with Gasteiger partial charge in [0.05, 0.1) is 10.7 Å². The molecule has 1 nitrogen and oxygen atoms in total. The molecule has 5 rings (SSSR count). The van der Waals surface area contributed by atoms with Crippen LogP contribution in [0.3, 0.4) is 0 Å². The summed E-state index contributed by atoms with van der Waals surface area (Å²) in [6, 6.07) is 26.5. The number of benzene rings is 4.